The van der Waals surface area contributed by atoms with Gasteiger partial charge in [-0.3, -0.25) is 10.1 Å². The molecule has 2 aromatic rings. The molecule has 0 bridgehead atoms. The number of nitrogens with one attached hydrogen (secondary N) is 1. The Balaban J connectivity index is 2.20. The van der Waals surface area contributed by atoms with E-state index in [1.165, 1.54) is 18.2 Å². The third-order valence-electron chi connectivity index (χ3n) is 2.56. The summed E-state index contributed by atoms with van der Waals surface area (Å²) in [5.74, 6) is -1.20. The Labute approximate surface area is 118 Å². The smallest absolute Gasteiger partial charge is 0.295 e. The highest BCUT2D eigenvalue weighted by Crippen LogP contribution is 2.25. The van der Waals surface area contributed by atoms with Gasteiger partial charge in [-0.05, 0) is 35.9 Å². The molecule has 0 aromatic heterocycles. The van der Waals surface area contributed by atoms with Crippen LogP contribution < -0.4 is 5.32 Å². The van der Waals surface area contributed by atoms with E-state index >= 15 is 0 Å². The lowest BCUT2D eigenvalue weighted by Gasteiger charge is -2.08. The Morgan fingerprint density at radius 3 is 2.55 bits per heavy atom. The molecule has 0 amide bonds. The summed E-state index contributed by atoms with van der Waals surface area (Å²) >= 11 is 5.71. The molecule has 2 aromatic carbocycles. The van der Waals surface area contributed by atoms with Gasteiger partial charge in [-0.2, -0.15) is 0 Å². The molecule has 20 heavy (non-hydrogen) atoms. The van der Waals surface area contributed by atoms with Crippen LogP contribution in [0.4, 0.5) is 20.2 Å². The number of anilines is 1. The van der Waals surface area contributed by atoms with Crippen molar-refractivity contribution in [2.75, 3.05) is 5.32 Å². The molecule has 1 N–H and O–H groups in total. The highest BCUT2D eigenvalue weighted by atomic mass is 35.5. The van der Waals surface area contributed by atoms with Crippen molar-refractivity contribution < 1.29 is 13.7 Å². The lowest BCUT2D eigenvalue weighted by Crippen LogP contribution is -2.03. The molecule has 4 nitrogen and oxygen atoms in total. The quantitative estimate of drug-likeness (QED) is 0.682. The summed E-state index contributed by atoms with van der Waals surface area (Å²) in [7, 11) is 0. The van der Waals surface area contributed by atoms with Gasteiger partial charge in [0, 0.05) is 11.6 Å². The van der Waals surface area contributed by atoms with Gasteiger partial charge in [0.25, 0.3) is 5.69 Å². The average molecular weight is 299 g/mol. The first kappa shape index (κ1) is 14.2. The molecule has 0 aliphatic carbocycles. The molecular formula is C13H9ClF2N2O2. The number of rotatable bonds is 4. The largest absolute Gasteiger partial charge is 0.375 e. The Morgan fingerprint density at radius 1 is 1.15 bits per heavy atom. The van der Waals surface area contributed by atoms with E-state index in [0.29, 0.717) is 5.56 Å². The summed E-state index contributed by atoms with van der Waals surface area (Å²) in [6.45, 7) is 0.129. The Kier molecular flexibility index (Phi) is 4.14. The predicted molar refractivity (Wildman–Crippen MR) is 71.8 cm³/mol. The summed E-state index contributed by atoms with van der Waals surface area (Å²) in [5, 5.41) is 13.8. The van der Waals surface area contributed by atoms with Crippen LogP contribution in [0.3, 0.4) is 0 Å². The number of nitrogens with zero attached hydrogens (tertiary/aromatic N) is 1. The fourth-order valence-corrected chi connectivity index (χ4v) is 1.96. The first-order valence-corrected chi connectivity index (χ1v) is 5.96. The fraction of sp³-hybridized carbons (Fsp3) is 0.0769. The van der Waals surface area contributed by atoms with Crippen molar-refractivity contribution in [1.29, 1.82) is 0 Å². The van der Waals surface area contributed by atoms with Gasteiger partial charge in [-0.25, -0.2) is 8.78 Å². The second kappa shape index (κ2) is 5.83. The monoisotopic (exact) mass is 298 g/mol. The number of nitro groups is 1. The molecule has 0 saturated heterocycles. The van der Waals surface area contributed by atoms with Gasteiger partial charge < -0.3 is 5.32 Å². The zero-order chi connectivity index (χ0) is 14.7. The van der Waals surface area contributed by atoms with Gasteiger partial charge in [0.05, 0.1) is 11.0 Å². The number of nitro benzene ring substituents is 1. The maximum atomic E-state index is 13.1. The van der Waals surface area contributed by atoms with Crippen LogP contribution in [0.25, 0.3) is 0 Å². The molecule has 104 valence electrons. The van der Waals surface area contributed by atoms with Crippen LogP contribution >= 0.6 is 11.6 Å². The molecule has 0 fully saturated rings. The average Bonchev–Trinajstić information content (AvgIpc) is 2.36. The first-order chi connectivity index (χ1) is 9.45. The van der Waals surface area contributed by atoms with Crippen LogP contribution in [0, 0.1) is 21.7 Å². The van der Waals surface area contributed by atoms with Crippen molar-refractivity contribution in [2.45, 2.75) is 6.54 Å². The van der Waals surface area contributed by atoms with Crippen LogP contribution in [-0.4, -0.2) is 4.92 Å². The molecule has 0 aliphatic rings. The summed E-state index contributed by atoms with van der Waals surface area (Å²) in [6.07, 6.45) is 0. The highest BCUT2D eigenvalue weighted by molar-refractivity contribution is 6.30. The number of hydrogen-bond acceptors (Lipinski definition) is 3. The summed E-state index contributed by atoms with van der Waals surface area (Å²) in [6, 6.07) is 7.13. The van der Waals surface area contributed by atoms with Crippen molar-refractivity contribution in [2.24, 2.45) is 0 Å². The molecule has 2 rings (SSSR count). The number of hydrogen-bond donors (Lipinski definition) is 1. The lowest BCUT2D eigenvalue weighted by molar-refractivity contribution is -0.384. The van der Waals surface area contributed by atoms with Crippen LogP contribution in [-0.2, 0) is 6.54 Å². The first-order valence-electron chi connectivity index (χ1n) is 5.58. The maximum absolute atomic E-state index is 13.1. The third kappa shape index (κ3) is 3.42. The van der Waals surface area contributed by atoms with Gasteiger partial charge in [-0.1, -0.05) is 11.6 Å². The second-order valence-corrected chi connectivity index (χ2v) is 4.49. The molecule has 0 radical (unpaired) electrons. The van der Waals surface area contributed by atoms with E-state index in [4.69, 9.17) is 11.6 Å². The zero-order valence-corrected chi connectivity index (χ0v) is 10.8. The Morgan fingerprint density at radius 2 is 1.90 bits per heavy atom. The van der Waals surface area contributed by atoms with Crippen LogP contribution in [0.1, 0.15) is 5.56 Å². The maximum Gasteiger partial charge on any atom is 0.295 e. The molecule has 0 atom stereocenters. The highest BCUT2D eigenvalue weighted by Gasteiger charge is 2.14. The van der Waals surface area contributed by atoms with Crippen LogP contribution in [0.2, 0.25) is 5.02 Å². The van der Waals surface area contributed by atoms with E-state index in [9.17, 15) is 18.9 Å². The predicted octanol–water partition coefficient (Wildman–Crippen LogP) is 4.14. The van der Waals surface area contributed by atoms with Gasteiger partial charge >= 0.3 is 0 Å². The van der Waals surface area contributed by atoms with E-state index < -0.39 is 16.6 Å². The molecule has 0 heterocycles. The SMILES string of the molecule is O=[N+]([O-])c1cc(F)ccc1NCc1cc(F)cc(Cl)c1. The normalized spacial score (nSPS) is 10.3. The van der Waals surface area contributed by atoms with Crippen molar-refractivity contribution in [1.82, 2.24) is 0 Å². The van der Waals surface area contributed by atoms with Gasteiger partial charge in [-0.15, -0.1) is 0 Å². The molecule has 0 spiro atoms. The van der Waals surface area contributed by atoms with E-state index in [1.807, 2.05) is 0 Å². The van der Waals surface area contributed by atoms with Gasteiger partial charge in [0.15, 0.2) is 0 Å². The summed E-state index contributed by atoms with van der Waals surface area (Å²) < 4.78 is 26.1. The van der Waals surface area contributed by atoms with Crippen LogP contribution in [0.15, 0.2) is 36.4 Å². The van der Waals surface area contributed by atoms with Crippen molar-refractivity contribution >= 4 is 23.0 Å². The molecule has 7 heteroatoms. The van der Waals surface area contributed by atoms with E-state index in [1.54, 1.807) is 0 Å². The summed E-state index contributed by atoms with van der Waals surface area (Å²) in [5.41, 5.74) is 0.290. The number of benzene rings is 2. The molecular weight excluding hydrogens is 290 g/mol. The van der Waals surface area contributed by atoms with Crippen molar-refractivity contribution in [3.63, 3.8) is 0 Å². The standard InChI is InChI=1S/C13H9ClF2N2O2/c14-9-3-8(4-11(16)5-9)7-17-12-2-1-10(15)6-13(12)18(19)20/h1-6,17H,7H2. The topological polar surface area (TPSA) is 55.2 Å². The zero-order valence-electron chi connectivity index (χ0n) is 10.1. The molecule has 0 saturated carbocycles. The third-order valence-corrected chi connectivity index (χ3v) is 2.78. The minimum absolute atomic E-state index is 0.129. The number of halogens is 3. The minimum Gasteiger partial charge on any atom is -0.375 e. The van der Waals surface area contributed by atoms with E-state index in [-0.39, 0.29) is 22.9 Å². The van der Waals surface area contributed by atoms with Crippen molar-refractivity contribution in [3.8, 4) is 0 Å². The van der Waals surface area contributed by atoms with Gasteiger partial charge in [0.1, 0.15) is 17.3 Å². The van der Waals surface area contributed by atoms with E-state index in [2.05, 4.69) is 5.32 Å². The molecule has 0 aliphatic heterocycles. The van der Waals surface area contributed by atoms with Gasteiger partial charge in [0.2, 0.25) is 0 Å². The minimum atomic E-state index is -0.698. The summed E-state index contributed by atoms with van der Waals surface area (Å²) in [4.78, 5) is 10.1. The second-order valence-electron chi connectivity index (χ2n) is 4.05. The van der Waals surface area contributed by atoms with Crippen LogP contribution in [0.5, 0.6) is 0 Å². The molecule has 0 unspecified atom stereocenters. The lowest BCUT2D eigenvalue weighted by atomic mass is 10.2. The Bertz CT molecular complexity index is 645. The fourth-order valence-electron chi connectivity index (χ4n) is 1.72. The van der Waals surface area contributed by atoms with E-state index in [0.717, 1.165) is 18.2 Å². The Hall–Kier alpha value is -2.21. The van der Waals surface area contributed by atoms with Crippen molar-refractivity contribution in [3.05, 3.63) is 68.7 Å².